The molecular weight excluding hydrogens is 306 g/mol. The Balaban J connectivity index is 1.53. The Kier molecular flexibility index (Phi) is 3.88. The van der Waals surface area contributed by atoms with E-state index in [1.807, 2.05) is 36.2 Å². The molecule has 24 heavy (non-hydrogen) atoms. The highest BCUT2D eigenvalue weighted by Crippen LogP contribution is 2.38. The van der Waals surface area contributed by atoms with Gasteiger partial charge in [0.1, 0.15) is 19.8 Å². The van der Waals surface area contributed by atoms with E-state index in [4.69, 9.17) is 9.47 Å². The van der Waals surface area contributed by atoms with Crippen LogP contribution in [0.1, 0.15) is 30.0 Å². The zero-order chi connectivity index (χ0) is 16.5. The van der Waals surface area contributed by atoms with Gasteiger partial charge in [-0.15, -0.1) is 0 Å². The standard InChI is InChI=1S/C18H21N3O3/c1-13-10-19-20(11-13)12-18(22)21-6-2-3-15(21)14-4-5-16-17(9-14)24-8-7-23-16/h4-5,9-11,15H,2-3,6-8,12H2,1H3/t15-/m1/s1. The maximum atomic E-state index is 12.7. The minimum absolute atomic E-state index is 0.102. The quantitative estimate of drug-likeness (QED) is 0.868. The molecule has 126 valence electrons. The van der Waals surface area contributed by atoms with Crippen molar-refractivity contribution >= 4 is 5.91 Å². The normalized spacial score (nSPS) is 19.5. The number of rotatable bonds is 3. The highest BCUT2D eigenvalue weighted by molar-refractivity contribution is 5.76. The first-order chi connectivity index (χ1) is 11.7. The van der Waals surface area contributed by atoms with Crippen molar-refractivity contribution < 1.29 is 14.3 Å². The lowest BCUT2D eigenvalue weighted by molar-refractivity contribution is -0.133. The number of amides is 1. The highest BCUT2D eigenvalue weighted by atomic mass is 16.6. The molecule has 1 aromatic carbocycles. The van der Waals surface area contributed by atoms with Gasteiger partial charge in [-0.05, 0) is 43.0 Å². The van der Waals surface area contributed by atoms with Crippen molar-refractivity contribution in [3.8, 4) is 11.5 Å². The van der Waals surface area contributed by atoms with Crippen LogP contribution in [0, 0.1) is 6.92 Å². The monoisotopic (exact) mass is 327 g/mol. The van der Waals surface area contributed by atoms with Crippen LogP contribution < -0.4 is 9.47 Å². The third kappa shape index (κ3) is 2.84. The van der Waals surface area contributed by atoms with Crippen LogP contribution in [0.5, 0.6) is 11.5 Å². The van der Waals surface area contributed by atoms with Gasteiger partial charge in [-0.1, -0.05) is 6.07 Å². The Morgan fingerprint density at radius 1 is 1.29 bits per heavy atom. The van der Waals surface area contributed by atoms with Crippen LogP contribution in [0.25, 0.3) is 0 Å². The fourth-order valence-electron chi connectivity index (χ4n) is 3.46. The Bertz CT molecular complexity index is 756. The average molecular weight is 327 g/mol. The molecule has 1 saturated heterocycles. The van der Waals surface area contributed by atoms with E-state index in [0.29, 0.717) is 13.2 Å². The molecule has 6 heteroatoms. The number of aromatic nitrogens is 2. The maximum absolute atomic E-state index is 12.7. The molecule has 0 saturated carbocycles. The van der Waals surface area contributed by atoms with E-state index in [2.05, 4.69) is 5.10 Å². The Hall–Kier alpha value is -2.50. The number of fused-ring (bicyclic) bond motifs is 1. The van der Waals surface area contributed by atoms with Gasteiger partial charge in [0.2, 0.25) is 5.91 Å². The fraction of sp³-hybridized carbons (Fsp3) is 0.444. The molecule has 0 radical (unpaired) electrons. The van der Waals surface area contributed by atoms with Gasteiger partial charge >= 0.3 is 0 Å². The summed E-state index contributed by atoms with van der Waals surface area (Å²) in [6, 6.07) is 6.11. The molecule has 0 bridgehead atoms. The molecule has 2 aliphatic heterocycles. The van der Waals surface area contributed by atoms with E-state index in [9.17, 15) is 4.79 Å². The van der Waals surface area contributed by atoms with E-state index in [0.717, 1.165) is 42.0 Å². The van der Waals surface area contributed by atoms with Gasteiger partial charge in [-0.3, -0.25) is 9.48 Å². The minimum atomic E-state index is 0.102. The van der Waals surface area contributed by atoms with Crippen LogP contribution in [0.3, 0.4) is 0 Å². The third-order valence-corrected chi connectivity index (χ3v) is 4.58. The first kappa shape index (κ1) is 15.1. The summed E-state index contributed by atoms with van der Waals surface area (Å²) in [6.45, 7) is 4.21. The molecule has 1 amide bonds. The van der Waals surface area contributed by atoms with E-state index in [1.54, 1.807) is 10.9 Å². The van der Waals surface area contributed by atoms with Crippen LogP contribution in [-0.4, -0.2) is 40.3 Å². The largest absolute Gasteiger partial charge is 0.486 e. The molecule has 1 aromatic heterocycles. The first-order valence-corrected chi connectivity index (χ1v) is 8.39. The van der Waals surface area contributed by atoms with Crippen molar-refractivity contribution in [2.24, 2.45) is 0 Å². The van der Waals surface area contributed by atoms with Crippen LogP contribution >= 0.6 is 0 Å². The number of nitrogens with zero attached hydrogens (tertiary/aromatic N) is 3. The molecule has 0 spiro atoms. The molecule has 2 aliphatic rings. The first-order valence-electron chi connectivity index (χ1n) is 8.39. The minimum Gasteiger partial charge on any atom is -0.486 e. The number of aryl methyl sites for hydroxylation is 1. The molecule has 1 atom stereocenters. The molecule has 2 aromatic rings. The fourth-order valence-corrected chi connectivity index (χ4v) is 3.46. The number of hydrogen-bond acceptors (Lipinski definition) is 4. The van der Waals surface area contributed by atoms with Crippen molar-refractivity contribution in [3.63, 3.8) is 0 Å². The lowest BCUT2D eigenvalue weighted by Gasteiger charge is -2.26. The van der Waals surface area contributed by atoms with Crippen molar-refractivity contribution in [2.75, 3.05) is 19.8 Å². The summed E-state index contributed by atoms with van der Waals surface area (Å²) in [4.78, 5) is 14.7. The van der Waals surface area contributed by atoms with Gasteiger partial charge in [0.25, 0.3) is 0 Å². The van der Waals surface area contributed by atoms with Gasteiger partial charge < -0.3 is 14.4 Å². The van der Waals surface area contributed by atoms with Crippen molar-refractivity contribution in [1.82, 2.24) is 14.7 Å². The number of hydrogen-bond donors (Lipinski definition) is 0. The summed E-state index contributed by atoms with van der Waals surface area (Å²) in [7, 11) is 0. The lowest BCUT2D eigenvalue weighted by Crippen LogP contribution is -2.33. The lowest BCUT2D eigenvalue weighted by atomic mass is 10.0. The number of benzene rings is 1. The molecule has 0 aliphatic carbocycles. The van der Waals surface area contributed by atoms with Gasteiger partial charge in [0.05, 0.1) is 12.2 Å². The molecule has 0 N–H and O–H groups in total. The smallest absolute Gasteiger partial charge is 0.244 e. The van der Waals surface area contributed by atoms with Crippen LogP contribution in [0.2, 0.25) is 0 Å². The maximum Gasteiger partial charge on any atom is 0.244 e. The number of ether oxygens (including phenoxy) is 2. The SMILES string of the molecule is Cc1cnn(CC(=O)N2CCC[C@@H]2c2ccc3c(c2)OCCO3)c1. The topological polar surface area (TPSA) is 56.6 Å². The van der Waals surface area contributed by atoms with Crippen LogP contribution in [0.4, 0.5) is 0 Å². The summed E-state index contributed by atoms with van der Waals surface area (Å²) < 4.78 is 13.0. The summed E-state index contributed by atoms with van der Waals surface area (Å²) >= 11 is 0. The molecule has 6 nitrogen and oxygen atoms in total. The molecule has 0 unspecified atom stereocenters. The predicted molar refractivity (Wildman–Crippen MR) is 88.1 cm³/mol. The Morgan fingerprint density at radius 2 is 2.12 bits per heavy atom. The molecule has 3 heterocycles. The van der Waals surface area contributed by atoms with Gasteiger partial charge in [0.15, 0.2) is 11.5 Å². The molecule has 4 rings (SSSR count). The molecular formula is C18H21N3O3. The van der Waals surface area contributed by atoms with E-state index in [1.165, 1.54) is 0 Å². The van der Waals surface area contributed by atoms with Crippen LogP contribution in [0.15, 0.2) is 30.6 Å². The summed E-state index contributed by atoms with van der Waals surface area (Å²) in [5.74, 6) is 1.67. The zero-order valence-electron chi connectivity index (χ0n) is 13.8. The van der Waals surface area contributed by atoms with Gasteiger partial charge in [-0.25, -0.2) is 0 Å². The molecule has 1 fully saturated rings. The second kappa shape index (κ2) is 6.19. The number of carbonyl (C=O) groups excluding carboxylic acids is 1. The highest BCUT2D eigenvalue weighted by Gasteiger charge is 2.31. The third-order valence-electron chi connectivity index (χ3n) is 4.58. The number of likely N-dealkylation sites (tertiary alicyclic amines) is 1. The summed E-state index contributed by atoms with van der Waals surface area (Å²) in [5.41, 5.74) is 2.18. The van der Waals surface area contributed by atoms with Crippen molar-refractivity contribution in [1.29, 1.82) is 0 Å². The van der Waals surface area contributed by atoms with Gasteiger partial charge in [0, 0.05) is 12.7 Å². The zero-order valence-corrected chi connectivity index (χ0v) is 13.8. The average Bonchev–Trinajstić information content (AvgIpc) is 3.23. The van der Waals surface area contributed by atoms with E-state index >= 15 is 0 Å². The van der Waals surface area contributed by atoms with Gasteiger partial charge in [-0.2, -0.15) is 5.10 Å². The number of carbonyl (C=O) groups is 1. The second-order valence-corrected chi connectivity index (χ2v) is 6.36. The Morgan fingerprint density at radius 3 is 2.92 bits per heavy atom. The predicted octanol–water partition coefficient (Wildman–Crippen LogP) is 2.33. The van der Waals surface area contributed by atoms with E-state index in [-0.39, 0.29) is 18.5 Å². The van der Waals surface area contributed by atoms with E-state index < -0.39 is 0 Å². The van der Waals surface area contributed by atoms with Crippen molar-refractivity contribution in [3.05, 3.63) is 41.7 Å². The van der Waals surface area contributed by atoms with Crippen molar-refractivity contribution in [2.45, 2.75) is 32.4 Å². The van der Waals surface area contributed by atoms with Crippen LogP contribution in [-0.2, 0) is 11.3 Å². The Labute approximate surface area is 141 Å². The summed E-state index contributed by atoms with van der Waals surface area (Å²) in [6.07, 6.45) is 5.66. The summed E-state index contributed by atoms with van der Waals surface area (Å²) in [5, 5.41) is 4.22. The second-order valence-electron chi connectivity index (χ2n) is 6.36.